The first kappa shape index (κ1) is 30.4. The van der Waals surface area contributed by atoms with E-state index >= 15 is 0 Å². The maximum absolute atomic E-state index is 12.0. The number of hydrogen-bond donors (Lipinski definition) is 0. The van der Waals surface area contributed by atoms with E-state index in [0.717, 1.165) is 36.6 Å². The van der Waals surface area contributed by atoms with Crippen molar-refractivity contribution in [3.63, 3.8) is 0 Å². The third-order valence-corrected chi connectivity index (χ3v) is 12.2. The van der Waals surface area contributed by atoms with Crippen molar-refractivity contribution in [1.29, 1.82) is 0 Å². The van der Waals surface area contributed by atoms with Gasteiger partial charge in [-0.15, -0.1) is 0 Å². The molecule has 0 saturated carbocycles. The predicted molar refractivity (Wildman–Crippen MR) is 149 cm³/mol. The Morgan fingerprint density at radius 3 is 2.00 bits per heavy atom. The van der Waals surface area contributed by atoms with Crippen LogP contribution in [0.1, 0.15) is 56.4 Å². The quantitative estimate of drug-likeness (QED) is 0.210. The minimum atomic E-state index is -3.61. The lowest BCUT2D eigenvalue weighted by molar-refractivity contribution is 0.0782. The zero-order chi connectivity index (χ0) is 27.1. The van der Waals surface area contributed by atoms with E-state index in [1.807, 2.05) is 37.3 Å². The molecule has 0 heterocycles. The van der Waals surface area contributed by atoms with Gasteiger partial charge in [0, 0.05) is 11.5 Å². The average molecular weight is 537 g/mol. The number of ether oxygens (including phenoxy) is 2. The van der Waals surface area contributed by atoms with Gasteiger partial charge in [-0.3, -0.25) is 4.18 Å². The lowest BCUT2D eigenvalue weighted by Gasteiger charge is -2.42. The van der Waals surface area contributed by atoms with Crippen LogP contribution >= 0.6 is 0 Å². The summed E-state index contributed by atoms with van der Waals surface area (Å²) < 4.78 is 47.7. The van der Waals surface area contributed by atoms with Crippen LogP contribution in [0.3, 0.4) is 0 Å². The number of aryl methyl sites for hydroxylation is 1. The van der Waals surface area contributed by atoms with E-state index < -0.39 is 18.4 Å². The molecule has 8 heteroatoms. The molecule has 0 bridgehead atoms. The Hall–Kier alpha value is -1.87. The maximum Gasteiger partial charge on any atom is 0.264 e. The number of methoxy groups -OCH3 is 2. The molecule has 0 aliphatic heterocycles. The largest absolute Gasteiger partial charge is 0.496 e. The number of hydrogen-bond acceptors (Lipinski definition) is 6. The van der Waals surface area contributed by atoms with E-state index in [1.54, 1.807) is 14.2 Å². The van der Waals surface area contributed by atoms with Crippen molar-refractivity contribution >= 4 is 18.4 Å². The Morgan fingerprint density at radius 1 is 0.972 bits per heavy atom. The molecule has 36 heavy (non-hydrogen) atoms. The molecule has 0 aliphatic rings. The molecule has 2 atom stereocenters. The Bertz CT molecular complexity index is 1050. The van der Waals surface area contributed by atoms with Gasteiger partial charge in [-0.2, -0.15) is 8.42 Å². The average Bonchev–Trinajstić information content (AvgIpc) is 2.79. The highest BCUT2D eigenvalue weighted by Gasteiger charge is 2.41. The lowest BCUT2D eigenvalue weighted by atomic mass is 9.90. The van der Waals surface area contributed by atoms with Crippen molar-refractivity contribution in [2.24, 2.45) is 5.92 Å². The Kier molecular flexibility index (Phi) is 10.6. The fourth-order valence-corrected chi connectivity index (χ4v) is 5.69. The zero-order valence-electron chi connectivity index (χ0n) is 23.4. The predicted octanol–water partition coefficient (Wildman–Crippen LogP) is 6.69. The number of rotatable bonds is 13. The second kappa shape index (κ2) is 12.6. The Balaban J connectivity index is 2.52. The molecule has 0 radical (unpaired) electrons. The fourth-order valence-electron chi connectivity index (χ4n) is 3.95. The van der Waals surface area contributed by atoms with E-state index in [9.17, 15) is 8.42 Å². The summed E-state index contributed by atoms with van der Waals surface area (Å²) >= 11 is 0. The van der Waals surface area contributed by atoms with Crippen LogP contribution in [0.2, 0.25) is 18.1 Å². The highest BCUT2D eigenvalue weighted by molar-refractivity contribution is 7.85. The normalized spacial score (nSPS) is 14.4. The molecule has 6 nitrogen and oxygen atoms in total. The topological polar surface area (TPSA) is 71.1 Å². The highest BCUT2D eigenvalue weighted by Crippen LogP contribution is 2.44. The second-order valence-electron chi connectivity index (χ2n) is 11.0. The summed E-state index contributed by atoms with van der Waals surface area (Å²) in [5.74, 6) is 1.23. The van der Waals surface area contributed by atoms with E-state index in [-0.39, 0.29) is 23.7 Å². The van der Waals surface area contributed by atoms with Crippen molar-refractivity contribution in [3.05, 3.63) is 59.2 Å². The van der Waals surface area contributed by atoms with Crippen LogP contribution in [0.25, 0.3) is 0 Å². The van der Waals surface area contributed by atoms with Gasteiger partial charge < -0.3 is 13.9 Å². The summed E-state index contributed by atoms with van der Waals surface area (Å²) in [7, 11) is -2.58. The van der Waals surface area contributed by atoms with Gasteiger partial charge in [0.25, 0.3) is 10.1 Å². The smallest absolute Gasteiger partial charge is 0.264 e. The van der Waals surface area contributed by atoms with Crippen LogP contribution in [0, 0.1) is 12.8 Å². The van der Waals surface area contributed by atoms with E-state index in [4.69, 9.17) is 18.1 Å². The molecule has 2 aromatic carbocycles. The van der Waals surface area contributed by atoms with Crippen LogP contribution in [-0.2, 0) is 25.1 Å². The standard InChI is InChI=1S/C28H44O6SSi/c1-21-25(31-5)18-24(19-26(21)32-6)27(34-36(8,9)28(2,3)4)23(20-33-35(7,29)30)17-13-16-22-14-11-10-12-15-22/h10-12,14-15,18-19,23,27H,13,16-17,20H2,1-9H3/t23-,27?/m1/s1. The summed E-state index contributed by atoms with van der Waals surface area (Å²) in [6.07, 6.45) is 3.22. The molecule has 202 valence electrons. The molecule has 0 saturated heterocycles. The highest BCUT2D eigenvalue weighted by atomic mass is 32.2. The van der Waals surface area contributed by atoms with Crippen molar-refractivity contribution in [2.75, 3.05) is 27.1 Å². The molecule has 2 rings (SSSR count). The van der Waals surface area contributed by atoms with Crippen LogP contribution in [-0.4, -0.2) is 43.8 Å². The summed E-state index contributed by atoms with van der Waals surface area (Å²) in [5, 5.41) is -0.0314. The molecule has 0 amide bonds. The van der Waals surface area contributed by atoms with Gasteiger partial charge in [-0.05, 0) is 67.6 Å². The van der Waals surface area contributed by atoms with Crippen LogP contribution < -0.4 is 9.47 Å². The SMILES string of the molecule is COc1cc(C(O[Si](C)(C)C(C)(C)C)[C@H](CCCc2ccccc2)COS(C)(=O)=O)cc(OC)c1C. The second-order valence-corrected chi connectivity index (χ2v) is 17.4. The molecule has 0 spiro atoms. The molecule has 0 fully saturated rings. The first-order valence-corrected chi connectivity index (χ1v) is 17.2. The van der Waals surface area contributed by atoms with Crippen LogP contribution in [0.5, 0.6) is 11.5 Å². The Labute approximate surface area is 219 Å². The summed E-state index contributed by atoms with van der Waals surface area (Å²) in [4.78, 5) is 0. The third-order valence-electron chi connectivity index (χ3n) is 7.14. The van der Waals surface area contributed by atoms with Gasteiger partial charge in [0.15, 0.2) is 8.32 Å². The molecule has 0 N–H and O–H groups in total. The van der Waals surface area contributed by atoms with Crippen LogP contribution in [0.15, 0.2) is 42.5 Å². The molecule has 2 aromatic rings. The number of benzene rings is 2. The van der Waals surface area contributed by atoms with E-state index in [0.29, 0.717) is 11.5 Å². The summed E-state index contributed by atoms with van der Waals surface area (Å²) in [5.41, 5.74) is 3.06. The fraction of sp³-hybridized carbons (Fsp3) is 0.571. The summed E-state index contributed by atoms with van der Waals surface area (Å²) in [6.45, 7) is 13.0. The van der Waals surface area contributed by atoms with Crippen molar-refractivity contribution < 1.29 is 26.5 Å². The molecule has 0 aliphatic carbocycles. The van der Waals surface area contributed by atoms with Gasteiger partial charge in [0.2, 0.25) is 0 Å². The van der Waals surface area contributed by atoms with Crippen molar-refractivity contribution in [3.8, 4) is 11.5 Å². The lowest BCUT2D eigenvalue weighted by Crippen LogP contribution is -2.43. The van der Waals surface area contributed by atoms with Crippen molar-refractivity contribution in [2.45, 2.75) is 71.2 Å². The molecular formula is C28H44O6SSi. The van der Waals surface area contributed by atoms with Gasteiger partial charge in [0.1, 0.15) is 11.5 Å². The van der Waals surface area contributed by atoms with Gasteiger partial charge in [-0.1, -0.05) is 51.1 Å². The maximum atomic E-state index is 12.0. The third kappa shape index (κ3) is 8.61. The van der Waals surface area contributed by atoms with E-state index in [2.05, 4.69) is 46.0 Å². The Morgan fingerprint density at radius 2 is 1.53 bits per heavy atom. The molecule has 0 aromatic heterocycles. The minimum Gasteiger partial charge on any atom is -0.496 e. The minimum absolute atomic E-state index is 0.0314. The zero-order valence-corrected chi connectivity index (χ0v) is 25.2. The molecular weight excluding hydrogens is 492 g/mol. The summed E-state index contributed by atoms with van der Waals surface area (Å²) in [6, 6.07) is 14.3. The van der Waals surface area contributed by atoms with Gasteiger partial charge >= 0.3 is 0 Å². The first-order chi connectivity index (χ1) is 16.7. The van der Waals surface area contributed by atoms with Gasteiger partial charge in [0.05, 0.1) is 33.2 Å². The molecule has 1 unspecified atom stereocenters. The monoisotopic (exact) mass is 536 g/mol. The first-order valence-electron chi connectivity index (χ1n) is 12.5. The van der Waals surface area contributed by atoms with Gasteiger partial charge in [-0.25, -0.2) is 0 Å². The van der Waals surface area contributed by atoms with Crippen LogP contribution in [0.4, 0.5) is 0 Å². The van der Waals surface area contributed by atoms with E-state index in [1.165, 1.54) is 5.56 Å². The van der Waals surface area contributed by atoms with Crippen molar-refractivity contribution in [1.82, 2.24) is 0 Å².